The Labute approximate surface area is 124 Å². The zero-order chi connectivity index (χ0) is 13.9. The smallest absolute Gasteiger partial charge is 0.0850 e. The fourth-order valence-electron chi connectivity index (χ4n) is 1.97. The van der Waals surface area contributed by atoms with Crippen LogP contribution in [0.3, 0.4) is 0 Å². The van der Waals surface area contributed by atoms with Crippen molar-refractivity contribution in [1.29, 1.82) is 0 Å². The Kier molecular flexibility index (Phi) is 5.72. The molecule has 0 aliphatic rings. The fraction of sp³-hybridized carbons (Fsp3) is 0.786. The second kappa shape index (κ2) is 6.42. The predicted octanol–water partition coefficient (Wildman–Crippen LogP) is 4.72. The summed E-state index contributed by atoms with van der Waals surface area (Å²) in [6, 6.07) is 0. The zero-order valence-electron chi connectivity index (χ0n) is 12.1. The van der Waals surface area contributed by atoms with Crippen LogP contribution in [0.5, 0.6) is 0 Å². The normalized spacial score (nSPS) is 15.1. The Morgan fingerprint density at radius 2 is 2.00 bits per heavy atom. The molecule has 0 fully saturated rings. The summed E-state index contributed by atoms with van der Waals surface area (Å²) in [4.78, 5) is 0. The van der Waals surface area contributed by atoms with Crippen molar-refractivity contribution in [2.24, 2.45) is 11.3 Å². The van der Waals surface area contributed by atoms with E-state index >= 15 is 0 Å². The van der Waals surface area contributed by atoms with E-state index in [0.29, 0.717) is 5.92 Å². The van der Waals surface area contributed by atoms with Crippen LogP contribution in [-0.4, -0.2) is 15.1 Å². The van der Waals surface area contributed by atoms with E-state index in [0.717, 1.165) is 35.4 Å². The van der Waals surface area contributed by atoms with Gasteiger partial charge in [-0.05, 0) is 31.1 Å². The van der Waals surface area contributed by atoms with Gasteiger partial charge >= 0.3 is 0 Å². The molecule has 1 heterocycles. The first-order valence-corrected chi connectivity index (χ1v) is 8.19. The fourth-order valence-corrected chi connectivity index (χ4v) is 3.16. The minimum atomic E-state index is 0.210. The van der Waals surface area contributed by atoms with E-state index in [1.165, 1.54) is 5.69 Å². The van der Waals surface area contributed by atoms with E-state index in [1.54, 1.807) is 0 Å². The lowest BCUT2D eigenvalue weighted by molar-refractivity contribution is 0.251. The van der Waals surface area contributed by atoms with E-state index in [-0.39, 0.29) is 5.41 Å². The number of halogens is 2. The second-order valence-electron chi connectivity index (χ2n) is 5.50. The Morgan fingerprint density at radius 3 is 2.39 bits per heavy atom. The highest BCUT2D eigenvalue weighted by Crippen LogP contribution is 2.36. The quantitative estimate of drug-likeness (QED) is 0.688. The second-order valence-corrected chi connectivity index (χ2v) is 6.43. The van der Waals surface area contributed by atoms with Crippen LogP contribution in [0.15, 0.2) is 0 Å². The number of hydrogen-bond acceptors (Lipinski definition) is 1. The molecule has 1 rings (SSSR count). The number of aryl methyl sites for hydroxylation is 2. The zero-order valence-corrected chi connectivity index (χ0v) is 14.4. The minimum absolute atomic E-state index is 0.210. The van der Waals surface area contributed by atoms with Crippen molar-refractivity contribution in [2.75, 3.05) is 5.33 Å². The number of aromatic nitrogens is 2. The van der Waals surface area contributed by atoms with Gasteiger partial charge in [-0.1, -0.05) is 55.2 Å². The van der Waals surface area contributed by atoms with Crippen molar-refractivity contribution in [1.82, 2.24) is 9.78 Å². The summed E-state index contributed by atoms with van der Waals surface area (Å²) in [6.45, 7) is 11.9. The molecule has 0 spiro atoms. The van der Waals surface area contributed by atoms with Crippen LogP contribution < -0.4 is 0 Å². The minimum Gasteiger partial charge on any atom is -0.268 e. The van der Waals surface area contributed by atoms with E-state index in [4.69, 9.17) is 11.6 Å². The van der Waals surface area contributed by atoms with E-state index in [2.05, 4.69) is 60.3 Å². The van der Waals surface area contributed by atoms with Gasteiger partial charge in [-0.3, -0.25) is 4.68 Å². The Bertz CT molecular complexity index is 401. The molecule has 0 saturated heterocycles. The van der Waals surface area contributed by atoms with Gasteiger partial charge in [-0.2, -0.15) is 5.10 Å². The highest BCUT2D eigenvalue weighted by atomic mass is 79.9. The molecule has 0 N–H and O–H groups in total. The summed E-state index contributed by atoms with van der Waals surface area (Å²) < 4.78 is 2.06. The van der Waals surface area contributed by atoms with Crippen LogP contribution in [-0.2, 0) is 19.4 Å². The van der Waals surface area contributed by atoms with Gasteiger partial charge in [0.1, 0.15) is 0 Å². The molecule has 0 aliphatic carbocycles. The molecular weight excluding hydrogens is 312 g/mol. The molecule has 1 aromatic heterocycles. The summed E-state index contributed by atoms with van der Waals surface area (Å²) in [6.07, 6.45) is 1.86. The molecule has 4 heteroatoms. The first kappa shape index (κ1) is 16.0. The first-order chi connectivity index (χ1) is 8.39. The van der Waals surface area contributed by atoms with Gasteiger partial charge in [-0.25, -0.2) is 0 Å². The largest absolute Gasteiger partial charge is 0.268 e. The van der Waals surface area contributed by atoms with Crippen LogP contribution >= 0.6 is 27.5 Å². The number of nitrogens with zero attached hydrogens (tertiary/aromatic N) is 2. The SMILES string of the molecule is CCc1nn(CC)c(CC(C)(CBr)C(C)C)c1Cl. The number of rotatable bonds is 6. The van der Waals surface area contributed by atoms with Gasteiger partial charge < -0.3 is 0 Å². The van der Waals surface area contributed by atoms with Crippen LogP contribution in [0, 0.1) is 11.3 Å². The van der Waals surface area contributed by atoms with E-state index < -0.39 is 0 Å². The highest BCUT2D eigenvalue weighted by molar-refractivity contribution is 9.09. The van der Waals surface area contributed by atoms with Gasteiger partial charge in [0.05, 0.1) is 16.4 Å². The summed E-state index contributed by atoms with van der Waals surface area (Å²) in [5.41, 5.74) is 2.42. The topological polar surface area (TPSA) is 17.8 Å². The third-order valence-electron chi connectivity index (χ3n) is 3.96. The summed E-state index contributed by atoms with van der Waals surface area (Å²) in [5.74, 6) is 0.596. The highest BCUT2D eigenvalue weighted by Gasteiger charge is 2.30. The molecule has 0 amide bonds. The monoisotopic (exact) mass is 334 g/mol. The van der Waals surface area contributed by atoms with Gasteiger partial charge in [-0.15, -0.1) is 0 Å². The molecule has 0 aliphatic heterocycles. The third kappa shape index (κ3) is 3.11. The van der Waals surface area contributed by atoms with Crippen LogP contribution in [0.2, 0.25) is 5.02 Å². The van der Waals surface area contributed by atoms with Crippen molar-refractivity contribution < 1.29 is 0 Å². The van der Waals surface area contributed by atoms with Gasteiger partial charge in [0.15, 0.2) is 0 Å². The van der Waals surface area contributed by atoms with Gasteiger partial charge in [0, 0.05) is 11.9 Å². The molecule has 18 heavy (non-hydrogen) atoms. The van der Waals surface area contributed by atoms with Gasteiger partial charge in [0.2, 0.25) is 0 Å². The lowest BCUT2D eigenvalue weighted by Crippen LogP contribution is -2.29. The molecule has 1 aromatic rings. The molecule has 1 unspecified atom stereocenters. The van der Waals surface area contributed by atoms with E-state index in [1.807, 2.05) is 0 Å². The summed E-state index contributed by atoms with van der Waals surface area (Å²) >= 11 is 10.1. The molecule has 0 radical (unpaired) electrons. The standard InChI is InChI=1S/C14H24BrClN2/c1-6-11-13(16)12(18(7-2)17-11)8-14(5,9-15)10(3)4/h10H,6-9H2,1-5H3. The lowest BCUT2D eigenvalue weighted by atomic mass is 9.77. The Morgan fingerprint density at radius 1 is 1.39 bits per heavy atom. The molecule has 0 saturated carbocycles. The Hall–Kier alpha value is -0.0200. The number of hydrogen-bond donors (Lipinski definition) is 0. The first-order valence-electron chi connectivity index (χ1n) is 6.69. The van der Waals surface area contributed by atoms with Crippen LogP contribution in [0.4, 0.5) is 0 Å². The van der Waals surface area contributed by atoms with Crippen LogP contribution in [0.1, 0.15) is 46.0 Å². The predicted molar refractivity (Wildman–Crippen MR) is 82.7 cm³/mol. The molecule has 1 atom stereocenters. The van der Waals surface area contributed by atoms with Crippen LogP contribution in [0.25, 0.3) is 0 Å². The average Bonchev–Trinajstić information content (AvgIpc) is 2.65. The number of alkyl halides is 1. The van der Waals surface area contributed by atoms with Crippen molar-refractivity contribution in [3.63, 3.8) is 0 Å². The molecule has 0 bridgehead atoms. The van der Waals surface area contributed by atoms with Gasteiger partial charge in [0.25, 0.3) is 0 Å². The van der Waals surface area contributed by atoms with Crippen molar-refractivity contribution in [3.8, 4) is 0 Å². The van der Waals surface area contributed by atoms with Crippen molar-refractivity contribution in [2.45, 2.75) is 54.0 Å². The Balaban J connectivity index is 3.13. The van der Waals surface area contributed by atoms with Crippen molar-refractivity contribution >= 4 is 27.5 Å². The molecule has 0 aromatic carbocycles. The molecular formula is C14H24BrClN2. The summed E-state index contributed by atoms with van der Waals surface area (Å²) in [7, 11) is 0. The maximum Gasteiger partial charge on any atom is 0.0850 e. The maximum atomic E-state index is 6.48. The van der Waals surface area contributed by atoms with E-state index in [9.17, 15) is 0 Å². The summed E-state index contributed by atoms with van der Waals surface area (Å²) in [5, 5.41) is 6.44. The maximum absolute atomic E-state index is 6.48. The molecule has 104 valence electrons. The molecule has 2 nitrogen and oxygen atoms in total. The van der Waals surface area contributed by atoms with Crippen molar-refractivity contribution in [3.05, 3.63) is 16.4 Å². The lowest BCUT2D eigenvalue weighted by Gasteiger charge is -2.32. The third-order valence-corrected chi connectivity index (χ3v) is 5.68. The average molecular weight is 336 g/mol.